The molecule has 1 aliphatic carbocycles. The summed E-state index contributed by atoms with van der Waals surface area (Å²) >= 11 is 0. The highest BCUT2D eigenvalue weighted by molar-refractivity contribution is 5.85. The van der Waals surface area contributed by atoms with E-state index in [1.807, 2.05) is 0 Å². The molecular weight excluding hydrogens is 242 g/mol. The number of carbonyl (C=O) groups excluding carboxylic acids is 2. The molecule has 0 radical (unpaired) electrons. The summed E-state index contributed by atoms with van der Waals surface area (Å²) in [4.78, 5) is 25.1. The van der Waals surface area contributed by atoms with Gasteiger partial charge in [-0.1, -0.05) is 24.8 Å². The minimum atomic E-state index is -0.376. The Morgan fingerprint density at radius 1 is 1.47 bits per heavy atom. The fraction of sp³-hybridized carbons (Fsp3) is 0.467. The number of hydrogen-bond donors (Lipinski definition) is 0. The molecule has 1 saturated heterocycles. The molecule has 4 nitrogen and oxygen atoms in total. The van der Waals surface area contributed by atoms with E-state index in [2.05, 4.69) is 18.7 Å². The molecule has 0 bridgehead atoms. The summed E-state index contributed by atoms with van der Waals surface area (Å²) in [7, 11) is 0. The van der Waals surface area contributed by atoms with Gasteiger partial charge in [0, 0.05) is 17.7 Å². The summed E-state index contributed by atoms with van der Waals surface area (Å²) in [6.07, 6.45) is 8.82. The number of amides is 1. The van der Waals surface area contributed by atoms with Crippen LogP contribution in [0, 0.1) is 11.8 Å². The molecule has 2 rings (SSSR count). The molecule has 1 amide bonds. The third-order valence-corrected chi connectivity index (χ3v) is 3.65. The fourth-order valence-corrected chi connectivity index (χ4v) is 2.67. The Morgan fingerprint density at radius 3 is 2.79 bits per heavy atom. The van der Waals surface area contributed by atoms with Crippen molar-refractivity contribution in [1.82, 2.24) is 4.90 Å². The van der Waals surface area contributed by atoms with E-state index in [1.54, 1.807) is 17.9 Å². The first-order valence-corrected chi connectivity index (χ1v) is 6.59. The Hall–Kier alpha value is -1.84. The lowest BCUT2D eigenvalue weighted by Gasteiger charge is -2.19. The van der Waals surface area contributed by atoms with Gasteiger partial charge in [-0.25, -0.2) is 4.79 Å². The predicted molar refractivity (Wildman–Crippen MR) is 72.0 cm³/mol. The van der Waals surface area contributed by atoms with Crippen LogP contribution in [0.1, 0.15) is 19.8 Å². The second-order valence-corrected chi connectivity index (χ2v) is 4.80. The number of rotatable bonds is 4. The number of allylic oxidation sites excluding steroid dienone is 4. The van der Waals surface area contributed by atoms with Crippen LogP contribution in [0.25, 0.3) is 0 Å². The standard InChI is InChI=1S/C15H19NO3/c1-3-6-14(17)19-10-9-16-11(2)12-7-4-5-8-13(12)15(16)18/h3-6,12-13H,2,7-10H2,1H3/b6-3+/t12-,13-/m0/s1. The topological polar surface area (TPSA) is 46.6 Å². The van der Waals surface area contributed by atoms with Gasteiger partial charge in [0.1, 0.15) is 6.61 Å². The SMILES string of the molecule is C=C1[C@@H]2CC=CC[C@@H]2C(=O)N1CCOC(=O)/C=C/C. The molecule has 4 heteroatoms. The van der Waals surface area contributed by atoms with E-state index in [0.717, 1.165) is 18.5 Å². The first-order valence-electron chi connectivity index (χ1n) is 6.59. The van der Waals surface area contributed by atoms with Crippen molar-refractivity contribution in [2.75, 3.05) is 13.2 Å². The van der Waals surface area contributed by atoms with Crippen molar-refractivity contribution < 1.29 is 14.3 Å². The highest BCUT2D eigenvalue weighted by Crippen LogP contribution is 2.40. The van der Waals surface area contributed by atoms with Crippen LogP contribution in [0.4, 0.5) is 0 Å². The van der Waals surface area contributed by atoms with Gasteiger partial charge in [0.25, 0.3) is 0 Å². The number of esters is 1. The largest absolute Gasteiger partial charge is 0.461 e. The van der Waals surface area contributed by atoms with Gasteiger partial charge in [0.2, 0.25) is 5.91 Å². The van der Waals surface area contributed by atoms with Crippen molar-refractivity contribution in [2.45, 2.75) is 19.8 Å². The lowest BCUT2D eigenvalue weighted by molar-refractivity contribution is -0.140. The highest BCUT2D eigenvalue weighted by atomic mass is 16.5. The Bertz CT molecular complexity index is 424. The molecule has 1 aliphatic heterocycles. The van der Waals surface area contributed by atoms with E-state index in [4.69, 9.17) is 4.74 Å². The zero-order chi connectivity index (χ0) is 13.8. The van der Waals surface area contributed by atoms with Gasteiger partial charge in [-0.15, -0.1) is 0 Å². The lowest BCUT2D eigenvalue weighted by atomic mass is 9.84. The molecule has 0 N–H and O–H groups in total. The summed E-state index contributed by atoms with van der Waals surface area (Å²) in [6, 6.07) is 0. The Labute approximate surface area is 113 Å². The van der Waals surface area contributed by atoms with Crippen LogP contribution in [0.5, 0.6) is 0 Å². The summed E-state index contributed by atoms with van der Waals surface area (Å²) in [5.74, 6) is -0.00671. The fourth-order valence-electron chi connectivity index (χ4n) is 2.67. The Kier molecular flexibility index (Phi) is 4.20. The van der Waals surface area contributed by atoms with Gasteiger partial charge < -0.3 is 9.64 Å². The molecule has 102 valence electrons. The van der Waals surface area contributed by atoms with E-state index in [9.17, 15) is 9.59 Å². The summed E-state index contributed by atoms with van der Waals surface area (Å²) in [6.45, 7) is 6.38. The van der Waals surface area contributed by atoms with Gasteiger partial charge in [0.15, 0.2) is 0 Å². The first kappa shape index (κ1) is 13.6. The van der Waals surface area contributed by atoms with E-state index in [0.29, 0.717) is 6.54 Å². The van der Waals surface area contributed by atoms with Crippen molar-refractivity contribution in [3.8, 4) is 0 Å². The van der Waals surface area contributed by atoms with Crippen molar-refractivity contribution in [3.05, 3.63) is 36.6 Å². The maximum Gasteiger partial charge on any atom is 0.330 e. The van der Waals surface area contributed by atoms with Crippen molar-refractivity contribution in [1.29, 1.82) is 0 Å². The van der Waals surface area contributed by atoms with Gasteiger partial charge in [-0.05, 0) is 19.8 Å². The van der Waals surface area contributed by atoms with Crippen LogP contribution in [0.15, 0.2) is 36.6 Å². The zero-order valence-electron chi connectivity index (χ0n) is 11.2. The van der Waals surface area contributed by atoms with E-state index >= 15 is 0 Å². The average Bonchev–Trinajstić information content (AvgIpc) is 2.65. The molecule has 0 unspecified atom stereocenters. The van der Waals surface area contributed by atoms with Crippen molar-refractivity contribution in [2.24, 2.45) is 11.8 Å². The maximum absolute atomic E-state index is 12.2. The zero-order valence-corrected chi connectivity index (χ0v) is 11.2. The number of hydrogen-bond acceptors (Lipinski definition) is 3. The molecule has 0 saturated carbocycles. The number of nitrogens with zero attached hydrogens (tertiary/aromatic N) is 1. The third-order valence-electron chi connectivity index (χ3n) is 3.65. The highest BCUT2D eigenvalue weighted by Gasteiger charge is 2.42. The maximum atomic E-state index is 12.2. The van der Waals surface area contributed by atoms with Crippen molar-refractivity contribution >= 4 is 11.9 Å². The van der Waals surface area contributed by atoms with Gasteiger partial charge >= 0.3 is 5.97 Å². The Morgan fingerprint density at radius 2 is 2.16 bits per heavy atom. The van der Waals surface area contributed by atoms with E-state index in [-0.39, 0.29) is 30.3 Å². The van der Waals surface area contributed by atoms with Crippen LogP contribution in [-0.2, 0) is 14.3 Å². The number of carbonyl (C=O) groups is 2. The quantitative estimate of drug-likeness (QED) is 0.442. The minimum absolute atomic E-state index is 0.0312. The van der Waals surface area contributed by atoms with Gasteiger partial charge in [-0.3, -0.25) is 4.79 Å². The molecule has 1 fully saturated rings. The normalized spacial score (nSPS) is 26.1. The summed E-state index contributed by atoms with van der Waals surface area (Å²) in [5.41, 5.74) is 0.862. The van der Waals surface area contributed by atoms with Gasteiger partial charge in [-0.2, -0.15) is 0 Å². The monoisotopic (exact) mass is 261 g/mol. The number of fused-ring (bicyclic) bond motifs is 1. The molecule has 2 aliphatic rings. The molecule has 2 atom stereocenters. The molecular formula is C15H19NO3. The van der Waals surface area contributed by atoms with Crippen LogP contribution in [-0.4, -0.2) is 29.9 Å². The summed E-state index contributed by atoms with van der Waals surface area (Å²) in [5, 5.41) is 0. The van der Waals surface area contributed by atoms with Crippen LogP contribution in [0.3, 0.4) is 0 Å². The van der Waals surface area contributed by atoms with Crippen LogP contribution >= 0.6 is 0 Å². The first-order chi connectivity index (χ1) is 9.15. The van der Waals surface area contributed by atoms with Gasteiger partial charge in [0.05, 0.1) is 12.5 Å². The molecule has 0 aromatic rings. The molecule has 0 aromatic heterocycles. The molecule has 0 spiro atoms. The lowest BCUT2D eigenvalue weighted by Crippen LogP contribution is -2.30. The summed E-state index contributed by atoms with van der Waals surface area (Å²) < 4.78 is 5.02. The van der Waals surface area contributed by atoms with E-state index < -0.39 is 0 Å². The number of ether oxygens (including phenoxy) is 1. The Balaban J connectivity index is 1.89. The molecule has 0 aromatic carbocycles. The second-order valence-electron chi connectivity index (χ2n) is 4.80. The second kappa shape index (κ2) is 5.87. The van der Waals surface area contributed by atoms with Crippen LogP contribution in [0.2, 0.25) is 0 Å². The average molecular weight is 261 g/mol. The van der Waals surface area contributed by atoms with Crippen molar-refractivity contribution in [3.63, 3.8) is 0 Å². The minimum Gasteiger partial charge on any atom is -0.461 e. The smallest absolute Gasteiger partial charge is 0.330 e. The third kappa shape index (κ3) is 2.78. The van der Waals surface area contributed by atoms with Crippen LogP contribution < -0.4 is 0 Å². The number of likely N-dealkylation sites (tertiary alicyclic amines) is 1. The predicted octanol–water partition coefficient (Wildman–Crippen LogP) is 2.04. The molecule has 1 heterocycles. The molecule has 19 heavy (non-hydrogen) atoms. The van der Waals surface area contributed by atoms with E-state index in [1.165, 1.54) is 6.08 Å².